The molecule has 1 fully saturated rings. The van der Waals surface area contributed by atoms with Gasteiger partial charge in [0.15, 0.2) is 0 Å². The molecule has 0 unspecified atom stereocenters. The molecule has 0 aromatic rings. The van der Waals surface area contributed by atoms with Gasteiger partial charge in [-0.05, 0) is 26.3 Å². The average Bonchev–Trinajstić information content (AvgIpc) is 2.38. The van der Waals surface area contributed by atoms with Crippen LogP contribution in [-0.4, -0.2) is 12.6 Å². The lowest BCUT2D eigenvalue weighted by atomic mass is 10.1. The summed E-state index contributed by atoms with van der Waals surface area (Å²) in [4.78, 5) is 0. The molecule has 0 aromatic carbocycles. The summed E-state index contributed by atoms with van der Waals surface area (Å²) in [5.74, 6) is 0. The minimum absolute atomic E-state index is 0.623. The van der Waals surface area contributed by atoms with Crippen molar-refractivity contribution in [3.63, 3.8) is 0 Å². The predicted octanol–water partition coefficient (Wildman–Crippen LogP) is 1.87. The Labute approximate surface area is 62.8 Å². The van der Waals surface area contributed by atoms with Crippen molar-refractivity contribution >= 4 is 0 Å². The molecule has 1 rings (SSSR count). The van der Waals surface area contributed by atoms with E-state index in [-0.39, 0.29) is 0 Å². The monoisotopic (exact) mass is 137 g/mol. The van der Waals surface area contributed by atoms with E-state index in [1.807, 2.05) is 6.08 Å². The van der Waals surface area contributed by atoms with Crippen molar-refractivity contribution in [2.45, 2.75) is 25.8 Å². The van der Waals surface area contributed by atoms with Crippen LogP contribution in [0.5, 0.6) is 0 Å². The van der Waals surface area contributed by atoms with Gasteiger partial charge in [-0.1, -0.05) is 24.3 Å². The molecule has 0 amide bonds. The molecule has 1 atom stereocenters. The quantitative estimate of drug-likeness (QED) is 0.573. The van der Waals surface area contributed by atoms with Crippen molar-refractivity contribution in [1.82, 2.24) is 5.32 Å². The van der Waals surface area contributed by atoms with Gasteiger partial charge in [0.1, 0.15) is 0 Å². The highest BCUT2D eigenvalue weighted by Gasteiger charge is 2.14. The molecule has 56 valence electrons. The SMILES string of the molecule is C=C/C=C(\C)[C@H]1CCCN1. The van der Waals surface area contributed by atoms with Crippen LogP contribution in [0.2, 0.25) is 0 Å². The Morgan fingerprint density at radius 2 is 2.50 bits per heavy atom. The van der Waals surface area contributed by atoms with E-state index >= 15 is 0 Å². The van der Waals surface area contributed by atoms with Crippen molar-refractivity contribution in [1.29, 1.82) is 0 Å². The molecule has 0 radical (unpaired) electrons. The first-order chi connectivity index (χ1) is 4.84. The van der Waals surface area contributed by atoms with Crippen molar-refractivity contribution < 1.29 is 0 Å². The summed E-state index contributed by atoms with van der Waals surface area (Å²) in [6, 6.07) is 0.623. The highest BCUT2D eigenvalue weighted by Crippen LogP contribution is 2.12. The average molecular weight is 137 g/mol. The molecule has 1 saturated heterocycles. The Kier molecular flexibility index (Phi) is 2.69. The summed E-state index contributed by atoms with van der Waals surface area (Å²) in [6.07, 6.45) is 6.54. The number of nitrogens with one attached hydrogen (secondary N) is 1. The van der Waals surface area contributed by atoms with Gasteiger partial charge in [-0.15, -0.1) is 0 Å². The molecule has 1 aliphatic heterocycles. The van der Waals surface area contributed by atoms with Crippen LogP contribution in [0, 0.1) is 0 Å². The predicted molar refractivity (Wildman–Crippen MR) is 45.0 cm³/mol. The summed E-state index contributed by atoms with van der Waals surface area (Å²) < 4.78 is 0. The normalized spacial score (nSPS) is 26.9. The van der Waals surface area contributed by atoms with Crippen LogP contribution in [0.4, 0.5) is 0 Å². The number of rotatable bonds is 2. The first-order valence-corrected chi connectivity index (χ1v) is 3.87. The second-order valence-electron chi connectivity index (χ2n) is 2.80. The lowest BCUT2D eigenvalue weighted by Crippen LogP contribution is -2.22. The summed E-state index contributed by atoms with van der Waals surface area (Å²) >= 11 is 0. The topological polar surface area (TPSA) is 12.0 Å². The van der Waals surface area contributed by atoms with E-state index in [4.69, 9.17) is 0 Å². The molecule has 1 heterocycles. The van der Waals surface area contributed by atoms with E-state index in [9.17, 15) is 0 Å². The second kappa shape index (κ2) is 3.57. The lowest BCUT2D eigenvalue weighted by Gasteiger charge is -2.08. The summed E-state index contributed by atoms with van der Waals surface area (Å²) in [7, 11) is 0. The van der Waals surface area contributed by atoms with Crippen LogP contribution >= 0.6 is 0 Å². The molecule has 1 aliphatic rings. The van der Waals surface area contributed by atoms with Crippen molar-refractivity contribution in [3.05, 3.63) is 24.3 Å². The Hall–Kier alpha value is -0.560. The van der Waals surface area contributed by atoms with Gasteiger partial charge in [0.25, 0.3) is 0 Å². The van der Waals surface area contributed by atoms with Crippen LogP contribution in [0.15, 0.2) is 24.3 Å². The van der Waals surface area contributed by atoms with Crippen molar-refractivity contribution in [2.75, 3.05) is 6.54 Å². The number of hydrogen-bond donors (Lipinski definition) is 1. The Bertz CT molecular complexity index is 141. The molecular weight excluding hydrogens is 122 g/mol. The Morgan fingerprint density at radius 3 is 3.00 bits per heavy atom. The van der Waals surface area contributed by atoms with E-state index < -0.39 is 0 Å². The van der Waals surface area contributed by atoms with E-state index in [2.05, 4.69) is 24.9 Å². The molecule has 0 bridgehead atoms. The van der Waals surface area contributed by atoms with E-state index in [1.54, 1.807) is 0 Å². The van der Waals surface area contributed by atoms with Crippen molar-refractivity contribution in [2.24, 2.45) is 0 Å². The van der Waals surface area contributed by atoms with Crippen LogP contribution in [0.1, 0.15) is 19.8 Å². The molecule has 1 N–H and O–H groups in total. The minimum Gasteiger partial charge on any atom is -0.310 e. The van der Waals surface area contributed by atoms with Gasteiger partial charge in [-0.25, -0.2) is 0 Å². The molecule has 1 heteroatoms. The zero-order valence-corrected chi connectivity index (χ0v) is 6.56. The smallest absolute Gasteiger partial charge is 0.0280 e. The van der Waals surface area contributed by atoms with Gasteiger partial charge in [0, 0.05) is 6.04 Å². The second-order valence-corrected chi connectivity index (χ2v) is 2.80. The maximum Gasteiger partial charge on any atom is 0.0280 e. The van der Waals surface area contributed by atoms with Gasteiger partial charge in [0.2, 0.25) is 0 Å². The Morgan fingerprint density at radius 1 is 1.70 bits per heavy atom. The highest BCUT2D eigenvalue weighted by atomic mass is 14.9. The van der Waals surface area contributed by atoms with Crippen LogP contribution < -0.4 is 5.32 Å². The largest absolute Gasteiger partial charge is 0.310 e. The van der Waals surface area contributed by atoms with E-state index in [0.29, 0.717) is 6.04 Å². The zero-order valence-electron chi connectivity index (χ0n) is 6.56. The first kappa shape index (κ1) is 7.55. The molecular formula is C9H15N. The standard InChI is InChI=1S/C9H15N/c1-3-5-8(2)9-6-4-7-10-9/h3,5,9-10H,1,4,6-7H2,2H3/b8-5+/t9-/m1/s1. The molecule has 0 saturated carbocycles. The third kappa shape index (κ3) is 1.71. The summed E-state index contributed by atoms with van der Waals surface area (Å²) in [6.45, 7) is 7.00. The van der Waals surface area contributed by atoms with Gasteiger partial charge in [-0.2, -0.15) is 0 Å². The zero-order chi connectivity index (χ0) is 7.40. The Balaban J connectivity index is 2.46. The minimum atomic E-state index is 0.623. The van der Waals surface area contributed by atoms with Gasteiger partial charge in [-0.3, -0.25) is 0 Å². The molecule has 0 aliphatic carbocycles. The fourth-order valence-electron chi connectivity index (χ4n) is 1.38. The summed E-state index contributed by atoms with van der Waals surface area (Å²) in [5.41, 5.74) is 1.41. The van der Waals surface area contributed by atoms with E-state index in [1.165, 1.54) is 25.0 Å². The third-order valence-electron chi connectivity index (χ3n) is 1.99. The molecule has 10 heavy (non-hydrogen) atoms. The third-order valence-corrected chi connectivity index (χ3v) is 1.99. The number of allylic oxidation sites excluding steroid dienone is 2. The highest BCUT2D eigenvalue weighted by molar-refractivity contribution is 5.15. The fourth-order valence-corrected chi connectivity index (χ4v) is 1.38. The molecule has 0 aromatic heterocycles. The maximum atomic E-state index is 3.67. The van der Waals surface area contributed by atoms with Gasteiger partial charge in [0.05, 0.1) is 0 Å². The van der Waals surface area contributed by atoms with Crippen LogP contribution in [0.25, 0.3) is 0 Å². The van der Waals surface area contributed by atoms with Crippen LogP contribution in [-0.2, 0) is 0 Å². The maximum absolute atomic E-state index is 3.67. The first-order valence-electron chi connectivity index (χ1n) is 3.87. The molecule has 1 nitrogen and oxygen atoms in total. The van der Waals surface area contributed by atoms with Crippen LogP contribution in [0.3, 0.4) is 0 Å². The van der Waals surface area contributed by atoms with Crippen molar-refractivity contribution in [3.8, 4) is 0 Å². The summed E-state index contributed by atoms with van der Waals surface area (Å²) in [5, 5.41) is 3.43. The number of hydrogen-bond acceptors (Lipinski definition) is 1. The molecule has 0 spiro atoms. The fraction of sp³-hybridized carbons (Fsp3) is 0.556. The van der Waals surface area contributed by atoms with E-state index in [0.717, 1.165) is 0 Å². The lowest BCUT2D eigenvalue weighted by molar-refractivity contribution is 0.689. The van der Waals surface area contributed by atoms with Gasteiger partial charge < -0.3 is 5.32 Å². The van der Waals surface area contributed by atoms with Gasteiger partial charge >= 0.3 is 0 Å².